The number of hydrogen-bond donors (Lipinski definition) is 2. The molecule has 0 aliphatic carbocycles. The minimum Gasteiger partial charge on any atom is -0.497 e. The van der Waals surface area contributed by atoms with Crippen molar-refractivity contribution in [1.29, 1.82) is 0 Å². The molecule has 3 N–H and O–H groups in total. The maximum absolute atomic E-state index is 11.8. The van der Waals surface area contributed by atoms with Gasteiger partial charge in [-0.1, -0.05) is 6.92 Å². The van der Waals surface area contributed by atoms with Crippen LogP contribution in [0.2, 0.25) is 0 Å². The Kier molecular flexibility index (Phi) is 6.22. The number of methoxy groups -OCH3 is 1. The number of amides is 1. The summed E-state index contributed by atoms with van der Waals surface area (Å²) in [6.07, 6.45) is 2.00. The standard InChI is InChI=1S/C14H22N2O2/c1-11(10-15)4-3-9-16-14(17)12-5-7-13(18-2)8-6-12/h5-8,11H,3-4,9-10,15H2,1-2H3,(H,16,17). The van der Waals surface area contributed by atoms with Crippen LogP contribution in [-0.2, 0) is 0 Å². The molecule has 1 aromatic rings. The number of hydrogen-bond acceptors (Lipinski definition) is 3. The molecule has 0 aliphatic heterocycles. The van der Waals surface area contributed by atoms with Crippen molar-refractivity contribution < 1.29 is 9.53 Å². The van der Waals surface area contributed by atoms with E-state index in [9.17, 15) is 4.79 Å². The Morgan fingerprint density at radius 2 is 2.06 bits per heavy atom. The van der Waals surface area contributed by atoms with Gasteiger partial charge >= 0.3 is 0 Å². The molecule has 4 nitrogen and oxygen atoms in total. The summed E-state index contributed by atoms with van der Waals surface area (Å²) in [5.41, 5.74) is 6.19. The average molecular weight is 250 g/mol. The summed E-state index contributed by atoms with van der Waals surface area (Å²) in [5.74, 6) is 1.23. The first-order valence-electron chi connectivity index (χ1n) is 6.29. The molecule has 0 bridgehead atoms. The van der Waals surface area contributed by atoms with Crippen LogP contribution in [0.3, 0.4) is 0 Å². The fourth-order valence-corrected chi connectivity index (χ4v) is 1.61. The van der Waals surface area contributed by atoms with Crippen molar-refractivity contribution in [2.45, 2.75) is 19.8 Å². The monoisotopic (exact) mass is 250 g/mol. The number of ether oxygens (including phenoxy) is 1. The Hall–Kier alpha value is -1.55. The summed E-state index contributed by atoms with van der Waals surface area (Å²) in [6, 6.07) is 7.09. The fourth-order valence-electron chi connectivity index (χ4n) is 1.61. The van der Waals surface area contributed by atoms with Crippen molar-refractivity contribution >= 4 is 5.91 Å². The topological polar surface area (TPSA) is 64.3 Å². The van der Waals surface area contributed by atoms with Gasteiger partial charge in [-0.25, -0.2) is 0 Å². The Balaban J connectivity index is 2.31. The number of nitrogens with two attached hydrogens (primary N) is 1. The first-order chi connectivity index (χ1) is 8.67. The van der Waals surface area contributed by atoms with E-state index >= 15 is 0 Å². The van der Waals surface area contributed by atoms with Gasteiger partial charge in [-0.3, -0.25) is 4.79 Å². The van der Waals surface area contributed by atoms with Gasteiger partial charge in [0.2, 0.25) is 0 Å². The molecule has 1 unspecified atom stereocenters. The summed E-state index contributed by atoms with van der Waals surface area (Å²) in [5, 5.41) is 2.90. The number of rotatable bonds is 7. The second-order valence-corrected chi connectivity index (χ2v) is 4.47. The molecule has 1 amide bonds. The van der Waals surface area contributed by atoms with E-state index in [2.05, 4.69) is 12.2 Å². The molecule has 1 rings (SSSR count). The van der Waals surface area contributed by atoms with E-state index in [0.29, 0.717) is 24.6 Å². The lowest BCUT2D eigenvalue weighted by Gasteiger charge is -2.09. The second-order valence-electron chi connectivity index (χ2n) is 4.47. The minimum atomic E-state index is -0.0435. The third-order valence-electron chi connectivity index (χ3n) is 2.91. The predicted octanol–water partition coefficient (Wildman–Crippen LogP) is 1.80. The average Bonchev–Trinajstić information content (AvgIpc) is 2.43. The molecule has 0 heterocycles. The van der Waals surface area contributed by atoms with Gasteiger partial charge in [-0.15, -0.1) is 0 Å². The molecule has 0 spiro atoms. The highest BCUT2D eigenvalue weighted by atomic mass is 16.5. The summed E-state index contributed by atoms with van der Waals surface area (Å²) in [7, 11) is 1.60. The number of nitrogens with one attached hydrogen (secondary N) is 1. The molecule has 18 heavy (non-hydrogen) atoms. The SMILES string of the molecule is COc1ccc(C(=O)NCCCC(C)CN)cc1. The molecule has 4 heteroatoms. The van der Waals surface area contributed by atoms with Crippen molar-refractivity contribution in [1.82, 2.24) is 5.32 Å². The van der Waals surface area contributed by atoms with Crippen LogP contribution in [0.4, 0.5) is 0 Å². The first-order valence-corrected chi connectivity index (χ1v) is 6.29. The van der Waals surface area contributed by atoms with Crippen LogP contribution in [0.5, 0.6) is 5.75 Å². The Morgan fingerprint density at radius 3 is 2.61 bits per heavy atom. The van der Waals surface area contributed by atoms with Gasteiger partial charge in [0.25, 0.3) is 5.91 Å². The minimum absolute atomic E-state index is 0.0435. The van der Waals surface area contributed by atoms with Crippen LogP contribution in [0.1, 0.15) is 30.1 Å². The Labute approximate surface area is 109 Å². The third-order valence-corrected chi connectivity index (χ3v) is 2.91. The van der Waals surface area contributed by atoms with E-state index in [1.54, 1.807) is 31.4 Å². The number of carbonyl (C=O) groups excluding carboxylic acids is 1. The van der Waals surface area contributed by atoms with E-state index in [1.165, 1.54) is 0 Å². The lowest BCUT2D eigenvalue weighted by molar-refractivity contribution is 0.0952. The van der Waals surface area contributed by atoms with Crippen LogP contribution < -0.4 is 15.8 Å². The smallest absolute Gasteiger partial charge is 0.251 e. The quantitative estimate of drug-likeness (QED) is 0.725. The zero-order valence-electron chi connectivity index (χ0n) is 11.1. The molecule has 0 saturated carbocycles. The maximum atomic E-state index is 11.8. The zero-order valence-corrected chi connectivity index (χ0v) is 11.1. The van der Waals surface area contributed by atoms with Gasteiger partial charge in [0.1, 0.15) is 5.75 Å². The molecular formula is C14H22N2O2. The molecular weight excluding hydrogens is 228 g/mol. The molecule has 1 atom stereocenters. The predicted molar refractivity (Wildman–Crippen MR) is 72.8 cm³/mol. The van der Waals surface area contributed by atoms with Gasteiger partial charge in [-0.2, -0.15) is 0 Å². The summed E-state index contributed by atoms with van der Waals surface area (Å²) in [6.45, 7) is 3.51. The molecule has 0 aromatic heterocycles. The first kappa shape index (κ1) is 14.5. The lowest BCUT2D eigenvalue weighted by atomic mass is 10.1. The van der Waals surface area contributed by atoms with Crippen LogP contribution in [0.15, 0.2) is 24.3 Å². The highest BCUT2D eigenvalue weighted by molar-refractivity contribution is 5.94. The van der Waals surface area contributed by atoms with Gasteiger partial charge in [0, 0.05) is 12.1 Å². The number of carbonyl (C=O) groups is 1. The Morgan fingerprint density at radius 1 is 1.39 bits per heavy atom. The van der Waals surface area contributed by atoms with E-state index in [0.717, 1.165) is 18.6 Å². The maximum Gasteiger partial charge on any atom is 0.251 e. The number of benzene rings is 1. The van der Waals surface area contributed by atoms with E-state index in [1.807, 2.05) is 0 Å². The summed E-state index contributed by atoms with van der Waals surface area (Å²) in [4.78, 5) is 11.8. The third kappa shape index (κ3) is 4.75. The highest BCUT2D eigenvalue weighted by Gasteiger charge is 2.05. The molecule has 0 saturated heterocycles. The normalized spacial score (nSPS) is 11.9. The van der Waals surface area contributed by atoms with Crippen LogP contribution in [0, 0.1) is 5.92 Å². The van der Waals surface area contributed by atoms with Crippen LogP contribution >= 0.6 is 0 Å². The molecule has 1 aromatic carbocycles. The highest BCUT2D eigenvalue weighted by Crippen LogP contribution is 2.11. The van der Waals surface area contributed by atoms with Gasteiger partial charge < -0.3 is 15.8 Å². The summed E-state index contributed by atoms with van der Waals surface area (Å²) < 4.78 is 5.04. The molecule has 0 radical (unpaired) electrons. The largest absolute Gasteiger partial charge is 0.497 e. The van der Waals surface area contributed by atoms with Gasteiger partial charge in [0.15, 0.2) is 0 Å². The zero-order chi connectivity index (χ0) is 13.4. The van der Waals surface area contributed by atoms with E-state index in [4.69, 9.17) is 10.5 Å². The molecule has 0 fully saturated rings. The fraction of sp³-hybridized carbons (Fsp3) is 0.500. The summed E-state index contributed by atoms with van der Waals surface area (Å²) >= 11 is 0. The van der Waals surface area contributed by atoms with Crippen molar-refractivity contribution in [2.24, 2.45) is 11.7 Å². The van der Waals surface area contributed by atoms with Gasteiger partial charge in [0.05, 0.1) is 7.11 Å². The second kappa shape index (κ2) is 7.71. The Bertz CT molecular complexity index is 363. The van der Waals surface area contributed by atoms with Gasteiger partial charge in [-0.05, 0) is 49.6 Å². The molecule has 100 valence electrons. The van der Waals surface area contributed by atoms with Crippen LogP contribution in [-0.4, -0.2) is 26.1 Å². The van der Waals surface area contributed by atoms with Crippen molar-refractivity contribution in [3.05, 3.63) is 29.8 Å². The lowest BCUT2D eigenvalue weighted by Crippen LogP contribution is -2.25. The molecule has 0 aliphatic rings. The van der Waals surface area contributed by atoms with Crippen LogP contribution in [0.25, 0.3) is 0 Å². The van der Waals surface area contributed by atoms with E-state index in [-0.39, 0.29) is 5.91 Å². The van der Waals surface area contributed by atoms with E-state index < -0.39 is 0 Å². The van der Waals surface area contributed by atoms with Crippen molar-refractivity contribution in [2.75, 3.05) is 20.2 Å². The van der Waals surface area contributed by atoms with Crippen molar-refractivity contribution in [3.8, 4) is 5.75 Å². The van der Waals surface area contributed by atoms with Crippen molar-refractivity contribution in [3.63, 3.8) is 0 Å².